The minimum atomic E-state index is -0.942. The Labute approximate surface area is 120 Å². The Kier molecular flexibility index (Phi) is 4.45. The predicted molar refractivity (Wildman–Crippen MR) is 73.6 cm³/mol. The first-order valence-electron chi connectivity index (χ1n) is 5.88. The lowest BCUT2D eigenvalue weighted by atomic mass is 10.0. The summed E-state index contributed by atoms with van der Waals surface area (Å²) >= 11 is 6.23. The van der Waals surface area contributed by atoms with E-state index in [1.54, 1.807) is 18.2 Å². The number of methoxy groups -OCH3 is 2. The molecule has 2 aromatic carbocycles. The van der Waals surface area contributed by atoms with Crippen LogP contribution in [0.3, 0.4) is 0 Å². The summed E-state index contributed by atoms with van der Waals surface area (Å²) in [7, 11) is 3.01. The first kappa shape index (κ1) is 14.6. The molecule has 0 heterocycles. The van der Waals surface area contributed by atoms with Crippen molar-refractivity contribution in [3.05, 3.63) is 59.2 Å². The van der Waals surface area contributed by atoms with Crippen LogP contribution in [-0.4, -0.2) is 14.2 Å². The number of ether oxygens (including phenoxy) is 2. The van der Waals surface area contributed by atoms with Gasteiger partial charge in [-0.05, 0) is 23.8 Å². The van der Waals surface area contributed by atoms with E-state index < -0.39 is 17.0 Å². The Morgan fingerprint density at radius 2 is 1.70 bits per heavy atom. The maximum Gasteiger partial charge on any atom is 0.163 e. The van der Waals surface area contributed by atoms with E-state index in [0.29, 0.717) is 17.1 Å². The summed E-state index contributed by atoms with van der Waals surface area (Å²) in [5.41, 5.74) is 0.674. The van der Waals surface area contributed by atoms with Crippen LogP contribution in [0, 0.1) is 11.6 Å². The van der Waals surface area contributed by atoms with Gasteiger partial charge in [0.15, 0.2) is 23.1 Å². The molecular weight excluding hydrogens is 286 g/mol. The standard InChI is InChI=1S/C15H13ClF2O2/c1-19-12-7-6-9(8-13(12)20-2)14(16)10-4-3-5-11(17)15(10)18/h3-8,14H,1-2H3. The van der Waals surface area contributed by atoms with Gasteiger partial charge in [0.2, 0.25) is 0 Å². The topological polar surface area (TPSA) is 18.5 Å². The number of hydrogen-bond acceptors (Lipinski definition) is 2. The molecule has 0 aliphatic carbocycles. The molecule has 0 bridgehead atoms. The normalized spacial score (nSPS) is 12.1. The van der Waals surface area contributed by atoms with Crippen molar-refractivity contribution in [2.75, 3.05) is 14.2 Å². The van der Waals surface area contributed by atoms with E-state index in [9.17, 15) is 8.78 Å². The van der Waals surface area contributed by atoms with Gasteiger partial charge in [-0.25, -0.2) is 8.78 Å². The van der Waals surface area contributed by atoms with Crippen LogP contribution in [0.25, 0.3) is 0 Å². The van der Waals surface area contributed by atoms with E-state index in [0.717, 1.165) is 6.07 Å². The highest BCUT2D eigenvalue weighted by atomic mass is 35.5. The SMILES string of the molecule is COc1ccc(C(Cl)c2cccc(F)c2F)cc1OC. The second-order valence-electron chi connectivity index (χ2n) is 4.12. The van der Waals surface area contributed by atoms with Crippen molar-refractivity contribution >= 4 is 11.6 Å². The van der Waals surface area contributed by atoms with Gasteiger partial charge in [-0.1, -0.05) is 18.2 Å². The van der Waals surface area contributed by atoms with Gasteiger partial charge in [0.05, 0.1) is 19.6 Å². The van der Waals surface area contributed by atoms with Crippen LogP contribution in [0.15, 0.2) is 36.4 Å². The molecule has 0 spiro atoms. The van der Waals surface area contributed by atoms with Crippen molar-refractivity contribution in [1.29, 1.82) is 0 Å². The molecule has 2 nitrogen and oxygen atoms in total. The lowest BCUT2D eigenvalue weighted by Crippen LogP contribution is -2.00. The highest BCUT2D eigenvalue weighted by Gasteiger charge is 2.19. The lowest BCUT2D eigenvalue weighted by molar-refractivity contribution is 0.354. The molecule has 106 valence electrons. The molecule has 1 atom stereocenters. The number of hydrogen-bond donors (Lipinski definition) is 0. The quantitative estimate of drug-likeness (QED) is 0.783. The summed E-state index contributed by atoms with van der Waals surface area (Å²) in [5.74, 6) is -0.844. The Morgan fingerprint density at radius 1 is 1.00 bits per heavy atom. The van der Waals surface area contributed by atoms with Gasteiger partial charge in [0.1, 0.15) is 0 Å². The van der Waals surface area contributed by atoms with Crippen LogP contribution in [0.2, 0.25) is 0 Å². The zero-order valence-electron chi connectivity index (χ0n) is 11.0. The average molecular weight is 299 g/mol. The highest BCUT2D eigenvalue weighted by molar-refractivity contribution is 6.22. The van der Waals surface area contributed by atoms with E-state index in [1.807, 2.05) is 0 Å². The summed E-state index contributed by atoms with van der Waals surface area (Å²) in [6, 6.07) is 8.92. The first-order chi connectivity index (χ1) is 9.58. The van der Waals surface area contributed by atoms with Gasteiger partial charge >= 0.3 is 0 Å². The number of benzene rings is 2. The molecule has 0 aromatic heterocycles. The third-order valence-corrected chi connectivity index (χ3v) is 3.44. The van der Waals surface area contributed by atoms with Gasteiger partial charge in [-0.15, -0.1) is 11.6 Å². The van der Waals surface area contributed by atoms with Gasteiger partial charge < -0.3 is 9.47 Å². The van der Waals surface area contributed by atoms with E-state index in [2.05, 4.69) is 0 Å². The molecule has 0 saturated carbocycles. The third-order valence-electron chi connectivity index (χ3n) is 2.95. The highest BCUT2D eigenvalue weighted by Crippen LogP contribution is 2.36. The second kappa shape index (κ2) is 6.09. The zero-order chi connectivity index (χ0) is 14.7. The molecule has 0 saturated heterocycles. The van der Waals surface area contributed by atoms with Gasteiger partial charge in [0.25, 0.3) is 0 Å². The monoisotopic (exact) mass is 298 g/mol. The van der Waals surface area contributed by atoms with Crippen molar-refractivity contribution in [3.8, 4) is 11.5 Å². The van der Waals surface area contributed by atoms with Crippen molar-refractivity contribution in [2.45, 2.75) is 5.38 Å². The molecule has 0 amide bonds. The fourth-order valence-corrected chi connectivity index (χ4v) is 2.21. The fourth-order valence-electron chi connectivity index (χ4n) is 1.91. The predicted octanol–water partition coefficient (Wildman–Crippen LogP) is 4.31. The Morgan fingerprint density at radius 3 is 2.35 bits per heavy atom. The fraction of sp³-hybridized carbons (Fsp3) is 0.200. The van der Waals surface area contributed by atoms with E-state index in [1.165, 1.54) is 26.4 Å². The van der Waals surface area contributed by atoms with Crippen LogP contribution < -0.4 is 9.47 Å². The Hall–Kier alpha value is -1.81. The van der Waals surface area contributed by atoms with Crippen molar-refractivity contribution in [3.63, 3.8) is 0 Å². The molecule has 2 rings (SSSR count). The lowest BCUT2D eigenvalue weighted by Gasteiger charge is -2.14. The van der Waals surface area contributed by atoms with E-state index in [-0.39, 0.29) is 5.56 Å². The minimum absolute atomic E-state index is 0.0823. The van der Waals surface area contributed by atoms with Crippen LogP contribution in [0.5, 0.6) is 11.5 Å². The van der Waals surface area contributed by atoms with Crippen LogP contribution in [-0.2, 0) is 0 Å². The smallest absolute Gasteiger partial charge is 0.163 e. The first-order valence-corrected chi connectivity index (χ1v) is 6.32. The molecule has 0 radical (unpaired) electrons. The van der Waals surface area contributed by atoms with E-state index >= 15 is 0 Å². The Bertz CT molecular complexity index is 617. The van der Waals surface area contributed by atoms with Crippen molar-refractivity contribution in [1.82, 2.24) is 0 Å². The summed E-state index contributed by atoms with van der Waals surface area (Å²) in [6.45, 7) is 0. The average Bonchev–Trinajstić information content (AvgIpc) is 2.48. The van der Waals surface area contributed by atoms with Crippen LogP contribution >= 0.6 is 11.6 Å². The molecule has 0 aliphatic rings. The molecular formula is C15H13ClF2O2. The molecule has 0 aliphatic heterocycles. The van der Waals surface area contributed by atoms with E-state index in [4.69, 9.17) is 21.1 Å². The Balaban J connectivity index is 2.43. The number of alkyl halides is 1. The maximum atomic E-state index is 13.8. The van der Waals surface area contributed by atoms with Crippen molar-refractivity contribution < 1.29 is 18.3 Å². The second-order valence-corrected chi connectivity index (χ2v) is 4.56. The third kappa shape index (κ3) is 2.70. The molecule has 0 N–H and O–H groups in total. The van der Waals surface area contributed by atoms with Gasteiger partial charge in [-0.3, -0.25) is 0 Å². The molecule has 2 aromatic rings. The van der Waals surface area contributed by atoms with Crippen LogP contribution in [0.4, 0.5) is 8.78 Å². The summed E-state index contributed by atoms with van der Waals surface area (Å²) in [5, 5.41) is -0.814. The molecule has 1 unspecified atom stereocenters. The molecule has 5 heteroatoms. The molecule has 20 heavy (non-hydrogen) atoms. The minimum Gasteiger partial charge on any atom is -0.493 e. The van der Waals surface area contributed by atoms with Crippen molar-refractivity contribution in [2.24, 2.45) is 0 Å². The summed E-state index contributed by atoms with van der Waals surface area (Å²) in [6.07, 6.45) is 0. The van der Waals surface area contributed by atoms with Crippen LogP contribution in [0.1, 0.15) is 16.5 Å². The van der Waals surface area contributed by atoms with Gasteiger partial charge in [-0.2, -0.15) is 0 Å². The molecule has 0 fully saturated rings. The number of halogens is 3. The largest absolute Gasteiger partial charge is 0.493 e. The summed E-state index contributed by atoms with van der Waals surface area (Å²) < 4.78 is 37.3. The van der Waals surface area contributed by atoms with Gasteiger partial charge in [0, 0.05) is 5.56 Å². The zero-order valence-corrected chi connectivity index (χ0v) is 11.7. The summed E-state index contributed by atoms with van der Waals surface area (Å²) in [4.78, 5) is 0. The maximum absolute atomic E-state index is 13.8. The number of rotatable bonds is 4.